The van der Waals surface area contributed by atoms with Crippen molar-refractivity contribution in [3.05, 3.63) is 35.4 Å². The van der Waals surface area contributed by atoms with Crippen LogP contribution in [0.5, 0.6) is 0 Å². The van der Waals surface area contributed by atoms with Gasteiger partial charge < -0.3 is 9.84 Å². The molecular weight excluding hydrogens is 216 g/mol. The van der Waals surface area contributed by atoms with Crippen molar-refractivity contribution in [2.24, 2.45) is 0 Å². The summed E-state index contributed by atoms with van der Waals surface area (Å²) >= 11 is 0. The topological polar surface area (TPSA) is 46.5 Å². The first-order valence-corrected chi connectivity index (χ1v) is 6.12. The van der Waals surface area contributed by atoms with Crippen LogP contribution in [-0.2, 0) is 22.4 Å². The van der Waals surface area contributed by atoms with Crippen molar-refractivity contribution in [2.45, 2.75) is 38.2 Å². The van der Waals surface area contributed by atoms with Crippen LogP contribution in [0.25, 0.3) is 0 Å². The molecule has 17 heavy (non-hydrogen) atoms. The molecule has 0 saturated heterocycles. The van der Waals surface area contributed by atoms with Gasteiger partial charge in [0, 0.05) is 19.4 Å². The molecule has 0 heterocycles. The summed E-state index contributed by atoms with van der Waals surface area (Å²) in [6.07, 6.45) is 2.90. The molecule has 0 fully saturated rings. The average Bonchev–Trinajstić information content (AvgIpc) is 2.69. The van der Waals surface area contributed by atoms with Crippen LogP contribution < -0.4 is 0 Å². The van der Waals surface area contributed by atoms with Crippen LogP contribution >= 0.6 is 0 Å². The summed E-state index contributed by atoms with van der Waals surface area (Å²) in [6, 6.07) is 7.87. The van der Waals surface area contributed by atoms with Crippen molar-refractivity contribution < 1.29 is 14.6 Å². The maximum absolute atomic E-state index is 11.5. The van der Waals surface area contributed by atoms with Gasteiger partial charge in [0.25, 0.3) is 0 Å². The molecule has 0 amide bonds. The Bertz CT molecular complexity index is 387. The molecule has 0 atom stereocenters. The summed E-state index contributed by atoms with van der Waals surface area (Å²) in [7, 11) is 0. The third-order valence-corrected chi connectivity index (χ3v) is 3.34. The van der Waals surface area contributed by atoms with Gasteiger partial charge >= 0.3 is 5.97 Å². The lowest BCUT2D eigenvalue weighted by Gasteiger charge is -2.24. The van der Waals surface area contributed by atoms with E-state index in [1.165, 1.54) is 0 Å². The minimum absolute atomic E-state index is 0.488. The zero-order valence-corrected chi connectivity index (χ0v) is 10.1. The Morgan fingerprint density at radius 1 is 1.35 bits per heavy atom. The number of aliphatic carboxylic acids is 1. The highest BCUT2D eigenvalue weighted by Crippen LogP contribution is 2.33. The fraction of sp³-hybridized carbons (Fsp3) is 0.500. The van der Waals surface area contributed by atoms with E-state index in [-0.39, 0.29) is 0 Å². The molecule has 92 valence electrons. The number of hydrogen-bond donors (Lipinski definition) is 1. The number of unbranched alkanes of at least 4 members (excludes halogenated alkanes) is 1. The average molecular weight is 234 g/mol. The molecule has 1 aromatic rings. The highest BCUT2D eigenvalue weighted by molar-refractivity contribution is 5.80. The van der Waals surface area contributed by atoms with Crippen molar-refractivity contribution in [3.8, 4) is 0 Å². The molecule has 1 aliphatic rings. The van der Waals surface area contributed by atoms with Gasteiger partial charge in [-0.25, -0.2) is 4.79 Å². The van der Waals surface area contributed by atoms with Gasteiger partial charge in [-0.15, -0.1) is 0 Å². The summed E-state index contributed by atoms with van der Waals surface area (Å²) in [6.45, 7) is 2.59. The Labute approximate surface area is 101 Å². The molecule has 0 unspecified atom stereocenters. The summed E-state index contributed by atoms with van der Waals surface area (Å²) in [5.41, 5.74) is 1.18. The van der Waals surface area contributed by atoms with Gasteiger partial charge in [0.05, 0.1) is 0 Å². The van der Waals surface area contributed by atoms with Crippen molar-refractivity contribution in [3.63, 3.8) is 0 Å². The van der Waals surface area contributed by atoms with Gasteiger partial charge in [-0.1, -0.05) is 37.6 Å². The van der Waals surface area contributed by atoms with Gasteiger partial charge in [-0.3, -0.25) is 0 Å². The monoisotopic (exact) mass is 234 g/mol. The van der Waals surface area contributed by atoms with Crippen LogP contribution in [0.4, 0.5) is 0 Å². The van der Waals surface area contributed by atoms with Crippen molar-refractivity contribution in [2.75, 3.05) is 6.61 Å². The molecule has 0 radical (unpaired) electrons. The Morgan fingerprint density at radius 3 is 2.41 bits per heavy atom. The van der Waals surface area contributed by atoms with E-state index in [0.717, 1.165) is 24.0 Å². The lowest BCUT2D eigenvalue weighted by atomic mass is 10.0. The maximum atomic E-state index is 11.5. The smallest absolute Gasteiger partial charge is 0.336 e. The van der Waals surface area contributed by atoms with Gasteiger partial charge in [0.1, 0.15) is 0 Å². The van der Waals surface area contributed by atoms with E-state index >= 15 is 0 Å². The van der Waals surface area contributed by atoms with Crippen LogP contribution in [0.2, 0.25) is 0 Å². The third kappa shape index (κ3) is 2.34. The minimum atomic E-state index is -1.03. The number of carboxylic acids is 1. The van der Waals surface area contributed by atoms with Crippen LogP contribution in [-0.4, -0.2) is 23.3 Å². The van der Waals surface area contributed by atoms with E-state index in [2.05, 4.69) is 6.92 Å². The van der Waals surface area contributed by atoms with Crippen LogP contribution in [0, 0.1) is 0 Å². The molecule has 0 saturated carbocycles. The van der Waals surface area contributed by atoms with Gasteiger partial charge in [-0.2, -0.15) is 0 Å². The largest absolute Gasteiger partial charge is 0.479 e. The lowest BCUT2D eigenvalue weighted by molar-refractivity contribution is -0.165. The fourth-order valence-electron chi connectivity index (χ4n) is 2.31. The second-order valence-corrected chi connectivity index (χ2v) is 4.62. The Kier molecular flexibility index (Phi) is 3.48. The predicted octanol–water partition coefficient (Wildman–Crippen LogP) is 2.43. The quantitative estimate of drug-likeness (QED) is 0.796. The number of rotatable bonds is 5. The van der Waals surface area contributed by atoms with E-state index in [4.69, 9.17) is 4.74 Å². The van der Waals surface area contributed by atoms with E-state index < -0.39 is 11.6 Å². The number of carbonyl (C=O) groups is 1. The summed E-state index contributed by atoms with van der Waals surface area (Å²) in [5, 5.41) is 9.41. The summed E-state index contributed by atoms with van der Waals surface area (Å²) in [4.78, 5) is 11.5. The Morgan fingerprint density at radius 2 is 1.94 bits per heavy atom. The number of fused-ring (bicyclic) bond motifs is 1. The summed E-state index contributed by atoms with van der Waals surface area (Å²) in [5.74, 6) is -0.843. The second kappa shape index (κ2) is 4.88. The van der Waals surface area contributed by atoms with Crippen molar-refractivity contribution in [1.29, 1.82) is 0 Å². The van der Waals surface area contributed by atoms with Crippen LogP contribution in [0.3, 0.4) is 0 Å². The van der Waals surface area contributed by atoms with Crippen LogP contribution in [0.15, 0.2) is 24.3 Å². The first-order valence-electron chi connectivity index (χ1n) is 6.12. The predicted molar refractivity (Wildman–Crippen MR) is 65.1 cm³/mol. The first-order chi connectivity index (χ1) is 8.18. The van der Waals surface area contributed by atoms with Crippen molar-refractivity contribution >= 4 is 5.97 Å². The van der Waals surface area contributed by atoms with Gasteiger partial charge in [0.2, 0.25) is 0 Å². The highest BCUT2D eigenvalue weighted by Gasteiger charge is 2.44. The van der Waals surface area contributed by atoms with Gasteiger partial charge in [0.15, 0.2) is 5.60 Å². The number of hydrogen-bond acceptors (Lipinski definition) is 2. The Balaban J connectivity index is 2.14. The minimum Gasteiger partial charge on any atom is -0.479 e. The molecule has 3 nitrogen and oxygen atoms in total. The molecule has 2 rings (SSSR count). The molecule has 0 spiro atoms. The number of benzene rings is 1. The lowest BCUT2D eigenvalue weighted by Crippen LogP contribution is -2.42. The zero-order valence-electron chi connectivity index (χ0n) is 10.1. The van der Waals surface area contributed by atoms with E-state index in [1.807, 2.05) is 24.3 Å². The van der Waals surface area contributed by atoms with Crippen molar-refractivity contribution in [1.82, 2.24) is 0 Å². The van der Waals surface area contributed by atoms with Crippen LogP contribution in [0.1, 0.15) is 30.9 Å². The Hall–Kier alpha value is -1.35. The fourth-order valence-corrected chi connectivity index (χ4v) is 2.31. The molecule has 1 N–H and O–H groups in total. The molecule has 0 bridgehead atoms. The normalized spacial score (nSPS) is 16.8. The van der Waals surface area contributed by atoms with E-state index in [1.54, 1.807) is 0 Å². The van der Waals surface area contributed by atoms with E-state index in [9.17, 15) is 9.90 Å². The standard InChI is InChI=1S/C14H18O3/c1-2-3-8-17-14(13(15)16)9-11-6-4-5-7-12(11)10-14/h4-7H,2-3,8-10H2,1H3,(H,15,16). The summed E-state index contributed by atoms with van der Waals surface area (Å²) < 4.78 is 5.68. The molecular formula is C14H18O3. The molecule has 0 aromatic heterocycles. The second-order valence-electron chi connectivity index (χ2n) is 4.62. The number of carboxylic acid groups (broad SMARTS) is 1. The molecule has 3 heteroatoms. The molecule has 1 aliphatic carbocycles. The van der Waals surface area contributed by atoms with Gasteiger partial charge in [-0.05, 0) is 17.5 Å². The molecule has 0 aliphatic heterocycles. The first kappa shape index (κ1) is 12.1. The third-order valence-electron chi connectivity index (χ3n) is 3.34. The van der Waals surface area contributed by atoms with E-state index in [0.29, 0.717) is 19.4 Å². The zero-order chi connectivity index (χ0) is 12.3. The number of ether oxygens (including phenoxy) is 1. The molecule has 1 aromatic carbocycles. The SMILES string of the molecule is CCCCOC1(C(=O)O)Cc2ccccc2C1. The maximum Gasteiger partial charge on any atom is 0.336 e. The highest BCUT2D eigenvalue weighted by atomic mass is 16.5.